The lowest BCUT2D eigenvalue weighted by Crippen LogP contribution is -2.15. The first kappa shape index (κ1) is 15.0. The van der Waals surface area contributed by atoms with Gasteiger partial charge in [-0.25, -0.2) is 4.79 Å². The van der Waals surface area contributed by atoms with Gasteiger partial charge in [0.05, 0.1) is 28.9 Å². The van der Waals surface area contributed by atoms with E-state index in [4.69, 9.17) is 11.6 Å². The molecule has 0 aliphatic rings. The zero-order valence-electron chi connectivity index (χ0n) is 11.5. The van der Waals surface area contributed by atoms with E-state index in [0.29, 0.717) is 27.5 Å². The van der Waals surface area contributed by atoms with Gasteiger partial charge in [-0.2, -0.15) is 0 Å². The highest BCUT2D eigenvalue weighted by atomic mass is 35.5. The number of nitrogens with one attached hydrogen (secondary N) is 1. The van der Waals surface area contributed by atoms with Gasteiger partial charge in [0.25, 0.3) is 5.91 Å². The number of nitrogens with zero attached hydrogens (tertiary/aromatic N) is 1. The monoisotopic (exact) mass is 304 g/mol. The Morgan fingerprint density at radius 3 is 2.71 bits per heavy atom. The maximum Gasteiger partial charge on any atom is 0.337 e. The van der Waals surface area contributed by atoms with Crippen LogP contribution in [0.5, 0.6) is 0 Å². The molecule has 1 heterocycles. The predicted molar refractivity (Wildman–Crippen MR) is 79.7 cm³/mol. The molecule has 0 fully saturated rings. The molecule has 0 radical (unpaired) electrons. The molecule has 0 unspecified atom stereocenters. The Balaban J connectivity index is 2.29. The van der Waals surface area contributed by atoms with E-state index in [1.165, 1.54) is 25.3 Å². The van der Waals surface area contributed by atoms with Gasteiger partial charge in [-0.1, -0.05) is 11.6 Å². The summed E-state index contributed by atoms with van der Waals surface area (Å²) in [5.74, 6) is -0.843. The average Bonchev–Trinajstić information content (AvgIpc) is 2.49. The molecule has 0 spiro atoms. The molecule has 0 aliphatic carbocycles. The number of ether oxygens (including phenoxy) is 1. The van der Waals surface area contributed by atoms with Gasteiger partial charge in [-0.3, -0.25) is 9.78 Å². The van der Waals surface area contributed by atoms with Crippen LogP contribution in [-0.2, 0) is 4.74 Å². The van der Waals surface area contributed by atoms with Gasteiger partial charge >= 0.3 is 5.97 Å². The highest BCUT2D eigenvalue weighted by Crippen LogP contribution is 2.24. The molecule has 5 nitrogen and oxygen atoms in total. The molecule has 6 heteroatoms. The van der Waals surface area contributed by atoms with Crippen molar-refractivity contribution in [1.29, 1.82) is 0 Å². The number of pyridine rings is 1. The fourth-order valence-electron chi connectivity index (χ4n) is 1.78. The van der Waals surface area contributed by atoms with Crippen LogP contribution < -0.4 is 5.32 Å². The molecule has 1 aromatic carbocycles. The van der Waals surface area contributed by atoms with Crippen molar-refractivity contribution in [3.05, 3.63) is 58.4 Å². The number of anilines is 1. The maximum atomic E-state index is 12.2. The number of carbonyl (C=O) groups is 2. The molecule has 21 heavy (non-hydrogen) atoms. The number of carbonyl (C=O) groups excluding carboxylic acids is 2. The molecule has 1 aromatic heterocycles. The number of aromatic nitrogens is 1. The van der Waals surface area contributed by atoms with E-state index in [-0.39, 0.29) is 5.91 Å². The summed E-state index contributed by atoms with van der Waals surface area (Å²) in [5, 5.41) is 3.00. The minimum absolute atomic E-state index is 0.306. The summed E-state index contributed by atoms with van der Waals surface area (Å²) in [7, 11) is 1.29. The number of hydrogen-bond donors (Lipinski definition) is 1. The second-order valence-electron chi connectivity index (χ2n) is 4.28. The Kier molecular flexibility index (Phi) is 4.55. The molecule has 0 bridgehead atoms. The molecular formula is C15H13ClN2O3. The van der Waals surface area contributed by atoms with Crippen molar-refractivity contribution in [3.8, 4) is 0 Å². The lowest BCUT2D eigenvalue weighted by Gasteiger charge is -2.10. The molecule has 0 saturated carbocycles. The average molecular weight is 305 g/mol. The highest BCUT2D eigenvalue weighted by molar-refractivity contribution is 6.34. The third kappa shape index (κ3) is 3.38. The van der Waals surface area contributed by atoms with Gasteiger partial charge in [-0.15, -0.1) is 0 Å². The van der Waals surface area contributed by atoms with E-state index in [1.807, 2.05) is 0 Å². The molecule has 0 atom stereocenters. The summed E-state index contributed by atoms with van der Waals surface area (Å²) >= 11 is 6.03. The summed E-state index contributed by atoms with van der Waals surface area (Å²) in [6.45, 7) is 1.74. The van der Waals surface area contributed by atoms with Crippen molar-refractivity contribution < 1.29 is 14.3 Å². The van der Waals surface area contributed by atoms with Crippen LogP contribution in [0.3, 0.4) is 0 Å². The summed E-state index contributed by atoms with van der Waals surface area (Å²) in [6.07, 6.45) is 1.61. The fraction of sp³-hybridized carbons (Fsp3) is 0.133. The number of benzene rings is 1. The second kappa shape index (κ2) is 6.37. The SMILES string of the molecule is COC(=O)c1ccc(Cl)c(NC(=O)c2cccnc2C)c1. The predicted octanol–water partition coefficient (Wildman–Crippen LogP) is 3.08. The van der Waals surface area contributed by atoms with Gasteiger partial charge in [0.15, 0.2) is 0 Å². The summed E-state index contributed by atoms with van der Waals surface area (Å²) < 4.78 is 4.64. The van der Waals surface area contributed by atoms with Crippen molar-refractivity contribution in [2.24, 2.45) is 0 Å². The van der Waals surface area contributed by atoms with E-state index in [1.54, 1.807) is 25.3 Å². The van der Waals surface area contributed by atoms with Crippen LogP contribution in [-0.4, -0.2) is 24.0 Å². The Hall–Kier alpha value is -2.40. The van der Waals surface area contributed by atoms with E-state index >= 15 is 0 Å². The maximum absolute atomic E-state index is 12.2. The van der Waals surface area contributed by atoms with Gasteiger partial charge in [-0.05, 0) is 37.3 Å². The normalized spacial score (nSPS) is 10.0. The summed E-state index contributed by atoms with van der Waals surface area (Å²) in [6, 6.07) is 7.86. The van der Waals surface area contributed by atoms with Crippen LogP contribution in [0.15, 0.2) is 36.5 Å². The molecule has 2 rings (SSSR count). The Labute approximate surface area is 126 Å². The number of amides is 1. The standard InChI is InChI=1S/C15H13ClN2O3/c1-9-11(4-3-7-17-9)14(19)18-13-8-10(15(20)21-2)5-6-12(13)16/h3-8H,1-2H3,(H,18,19). The summed E-state index contributed by atoms with van der Waals surface area (Å²) in [4.78, 5) is 27.8. The van der Waals surface area contributed by atoms with Crippen LogP contribution in [0.1, 0.15) is 26.4 Å². The van der Waals surface area contributed by atoms with Crippen LogP contribution >= 0.6 is 11.6 Å². The number of rotatable bonds is 3. The zero-order valence-corrected chi connectivity index (χ0v) is 12.3. The smallest absolute Gasteiger partial charge is 0.337 e. The third-order valence-electron chi connectivity index (χ3n) is 2.89. The molecule has 1 N–H and O–H groups in total. The van der Waals surface area contributed by atoms with Gasteiger partial charge < -0.3 is 10.1 Å². The summed E-state index contributed by atoms with van der Waals surface area (Å²) in [5.41, 5.74) is 1.69. The minimum atomic E-state index is -0.500. The van der Waals surface area contributed by atoms with Crippen molar-refractivity contribution in [1.82, 2.24) is 4.98 Å². The van der Waals surface area contributed by atoms with Crippen molar-refractivity contribution in [2.75, 3.05) is 12.4 Å². The van der Waals surface area contributed by atoms with Gasteiger partial charge in [0.2, 0.25) is 0 Å². The zero-order chi connectivity index (χ0) is 15.4. The van der Waals surface area contributed by atoms with Crippen molar-refractivity contribution in [3.63, 3.8) is 0 Å². The van der Waals surface area contributed by atoms with Crippen LogP contribution in [0.2, 0.25) is 5.02 Å². The Bertz CT molecular complexity index is 701. The van der Waals surface area contributed by atoms with Gasteiger partial charge in [0.1, 0.15) is 0 Å². The first-order chi connectivity index (χ1) is 10.0. The fourth-order valence-corrected chi connectivity index (χ4v) is 1.94. The van der Waals surface area contributed by atoms with Crippen LogP contribution in [0.4, 0.5) is 5.69 Å². The molecule has 0 aliphatic heterocycles. The first-order valence-corrected chi connectivity index (χ1v) is 6.51. The third-order valence-corrected chi connectivity index (χ3v) is 3.22. The Morgan fingerprint density at radius 2 is 2.05 bits per heavy atom. The van der Waals surface area contributed by atoms with E-state index in [0.717, 1.165) is 0 Å². The number of esters is 1. The van der Waals surface area contributed by atoms with E-state index < -0.39 is 5.97 Å². The molecule has 2 aromatic rings. The van der Waals surface area contributed by atoms with Gasteiger partial charge in [0, 0.05) is 11.9 Å². The molecule has 0 saturated heterocycles. The Morgan fingerprint density at radius 1 is 1.29 bits per heavy atom. The number of aryl methyl sites for hydroxylation is 1. The minimum Gasteiger partial charge on any atom is -0.465 e. The molecule has 108 valence electrons. The number of halogens is 1. The topological polar surface area (TPSA) is 68.3 Å². The van der Waals surface area contributed by atoms with Crippen molar-refractivity contribution in [2.45, 2.75) is 6.92 Å². The first-order valence-electron chi connectivity index (χ1n) is 6.13. The number of hydrogen-bond acceptors (Lipinski definition) is 4. The van der Waals surface area contributed by atoms with Crippen LogP contribution in [0.25, 0.3) is 0 Å². The largest absolute Gasteiger partial charge is 0.465 e. The van der Waals surface area contributed by atoms with E-state index in [9.17, 15) is 9.59 Å². The lowest BCUT2D eigenvalue weighted by atomic mass is 10.1. The molecule has 1 amide bonds. The lowest BCUT2D eigenvalue weighted by molar-refractivity contribution is 0.0600. The van der Waals surface area contributed by atoms with Crippen LogP contribution in [0, 0.1) is 6.92 Å². The van der Waals surface area contributed by atoms with E-state index in [2.05, 4.69) is 15.0 Å². The quantitative estimate of drug-likeness (QED) is 0.885. The highest BCUT2D eigenvalue weighted by Gasteiger charge is 2.14. The molecular weight excluding hydrogens is 292 g/mol. The van der Waals surface area contributed by atoms with Crippen molar-refractivity contribution >= 4 is 29.2 Å². The number of methoxy groups -OCH3 is 1. The second-order valence-corrected chi connectivity index (χ2v) is 4.68.